The van der Waals surface area contributed by atoms with Crippen molar-refractivity contribution in [1.82, 2.24) is 10.1 Å². The van der Waals surface area contributed by atoms with Gasteiger partial charge in [-0.05, 0) is 18.4 Å². The Morgan fingerprint density at radius 1 is 1.33 bits per heavy atom. The van der Waals surface area contributed by atoms with E-state index >= 15 is 0 Å². The number of hydrogen-bond donors (Lipinski definition) is 1. The van der Waals surface area contributed by atoms with Crippen molar-refractivity contribution in [2.75, 3.05) is 0 Å². The number of hydrogen-bond acceptors (Lipinski definition) is 4. The quantitative estimate of drug-likeness (QED) is 0.899. The number of nitrogens with zero attached hydrogens (tertiary/aromatic N) is 2. The van der Waals surface area contributed by atoms with E-state index in [-0.39, 0.29) is 12.0 Å². The van der Waals surface area contributed by atoms with Gasteiger partial charge in [0.15, 0.2) is 5.82 Å². The Morgan fingerprint density at radius 3 is 2.78 bits per heavy atom. The molecule has 0 aliphatic rings. The van der Waals surface area contributed by atoms with Gasteiger partial charge in [0.25, 0.3) is 0 Å². The normalized spacial score (nSPS) is 12.9. The van der Waals surface area contributed by atoms with E-state index in [1.54, 1.807) is 0 Å². The van der Waals surface area contributed by atoms with E-state index in [0.29, 0.717) is 18.1 Å². The summed E-state index contributed by atoms with van der Waals surface area (Å²) in [5.41, 5.74) is 8.38. The van der Waals surface area contributed by atoms with Gasteiger partial charge in [-0.1, -0.05) is 48.8 Å². The second-order valence-corrected chi connectivity index (χ2v) is 4.98. The third-order valence-electron chi connectivity index (χ3n) is 2.93. The monoisotopic (exact) mass is 245 g/mol. The third-order valence-corrected chi connectivity index (χ3v) is 2.93. The second-order valence-electron chi connectivity index (χ2n) is 4.98. The Hall–Kier alpha value is -1.68. The molecule has 0 amide bonds. The molecule has 1 heterocycles. The minimum atomic E-state index is -0.191. The van der Waals surface area contributed by atoms with Crippen LogP contribution in [0.1, 0.15) is 42.7 Å². The molecule has 4 nitrogen and oxygen atoms in total. The highest BCUT2D eigenvalue weighted by atomic mass is 16.5. The van der Waals surface area contributed by atoms with Gasteiger partial charge in [0, 0.05) is 6.42 Å². The minimum Gasteiger partial charge on any atom is -0.338 e. The molecule has 1 aromatic carbocycles. The lowest BCUT2D eigenvalue weighted by Crippen LogP contribution is -2.17. The van der Waals surface area contributed by atoms with Gasteiger partial charge in [0.05, 0.1) is 6.04 Å². The van der Waals surface area contributed by atoms with Crippen molar-refractivity contribution < 1.29 is 4.52 Å². The Balaban J connectivity index is 2.11. The molecule has 96 valence electrons. The minimum absolute atomic E-state index is 0.191. The highest BCUT2D eigenvalue weighted by Gasteiger charge is 2.17. The van der Waals surface area contributed by atoms with Gasteiger partial charge in [0.2, 0.25) is 5.89 Å². The molecule has 0 spiro atoms. The molecule has 0 aliphatic heterocycles. The Morgan fingerprint density at radius 2 is 2.11 bits per heavy atom. The van der Waals surface area contributed by atoms with E-state index in [1.807, 2.05) is 19.9 Å². The summed E-state index contributed by atoms with van der Waals surface area (Å²) in [6.45, 7) is 6.14. The number of benzene rings is 1. The molecule has 0 unspecified atom stereocenters. The molecular weight excluding hydrogens is 226 g/mol. The van der Waals surface area contributed by atoms with Crippen molar-refractivity contribution in [3.8, 4) is 0 Å². The highest BCUT2D eigenvalue weighted by molar-refractivity contribution is 5.24. The summed E-state index contributed by atoms with van der Waals surface area (Å²) in [6, 6.07) is 8.10. The maximum Gasteiger partial charge on any atom is 0.243 e. The van der Waals surface area contributed by atoms with E-state index in [0.717, 1.165) is 0 Å². The maximum absolute atomic E-state index is 5.97. The number of aryl methyl sites for hydroxylation is 1. The van der Waals surface area contributed by atoms with Gasteiger partial charge in [-0.15, -0.1) is 0 Å². The molecule has 0 bridgehead atoms. The van der Waals surface area contributed by atoms with Crippen LogP contribution >= 0.6 is 0 Å². The van der Waals surface area contributed by atoms with Crippen molar-refractivity contribution >= 4 is 0 Å². The summed E-state index contributed by atoms with van der Waals surface area (Å²) in [6.07, 6.45) is 0.677. The van der Waals surface area contributed by atoms with Crippen LogP contribution in [0.5, 0.6) is 0 Å². The van der Waals surface area contributed by atoms with Crippen LogP contribution in [0.15, 0.2) is 28.8 Å². The van der Waals surface area contributed by atoms with E-state index in [1.165, 1.54) is 11.1 Å². The number of nitrogens with two attached hydrogens (primary N) is 1. The summed E-state index contributed by atoms with van der Waals surface area (Å²) >= 11 is 0. The first-order valence-electron chi connectivity index (χ1n) is 6.20. The highest BCUT2D eigenvalue weighted by Crippen LogP contribution is 2.17. The molecule has 1 atom stereocenters. The SMILES string of the molecule is Cc1cccc(Cc2noc([C@H](N)C(C)C)n2)c1. The molecule has 1 aromatic heterocycles. The van der Waals surface area contributed by atoms with Crippen LogP contribution in [0.4, 0.5) is 0 Å². The molecule has 18 heavy (non-hydrogen) atoms. The van der Waals surface area contributed by atoms with Gasteiger partial charge in [0.1, 0.15) is 0 Å². The van der Waals surface area contributed by atoms with Gasteiger partial charge in [-0.2, -0.15) is 4.98 Å². The van der Waals surface area contributed by atoms with Crippen molar-refractivity contribution in [2.24, 2.45) is 11.7 Å². The molecule has 0 saturated heterocycles. The maximum atomic E-state index is 5.97. The van der Waals surface area contributed by atoms with Crippen LogP contribution in [0, 0.1) is 12.8 Å². The summed E-state index contributed by atoms with van der Waals surface area (Å²) in [4.78, 5) is 4.35. The van der Waals surface area contributed by atoms with Crippen LogP contribution in [0.3, 0.4) is 0 Å². The lowest BCUT2D eigenvalue weighted by Gasteiger charge is -2.09. The van der Waals surface area contributed by atoms with Crippen LogP contribution in [0.2, 0.25) is 0 Å². The van der Waals surface area contributed by atoms with E-state index in [4.69, 9.17) is 10.3 Å². The first-order chi connectivity index (χ1) is 8.56. The molecule has 0 radical (unpaired) electrons. The Labute approximate surface area is 107 Å². The molecule has 2 rings (SSSR count). The van der Waals surface area contributed by atoms with E-state index in [2.05, 4.69) is 35.3 Å². The predicted molar refractivity (Wildman–Crippen MR) is 70.0 cm³/mol. The average molecular weight is 245 g/mol. The summed E-state index contributed by atoms with van der Waals surface area (Å²) in [5.74, 6) is 1.50. The second kappa shape index (κ2) is 5.31. The molecule has 0 saturated carbocycles. The van der Waals surface area contributed by atoms with Crippen molar-refractivity contribution in [1.29, 1.82) is 0 Å². The molecule has 0 aliphatic carbocycles. The smallest absolute Gasteiger partial charge is 0.243 e. The van der Waals surface area contributed by atoms with E-state index < -0.39 is 0 Å². The fourth-order valence-corrected chi connectivity index (χ4v) is 1.76. The van der Waals surface area contributed by atoms with Crippen molar-refractivity contribution in [3.05, 3.63) is 47.1 Å². The van der Waals surface area contributed by atoms with Gasteiger partial charge in [-0.25, -0.2) is 0 Å². The number of aromatic nitrogens is 2. The fraction of sp³-hybridized carbons (Fsp3) is 0.429. The van der Waals surface area contributed by atoms with Crippen molar-refractivity contribution in [2.45, 2.75) is 33.2 Å². The fourth-order valence-electron chi connectivity index (χ4n) is 1.76. The lowest BCUT2D eigenvalue weighted by atomic mass is 10.1. The third kappa shape index (κ3) is 2.96. The molecule has 4 heteroatoms. The zero-order chi connectivity index (χ0) is 13.1. The summed E-state index contributed by atoms with van der Waals surface area (Å²) < 4.78 is 5.20. The predicted octanol–water partition coefficient (Wildman–Crippen LogP) is 2.62. The van der Waals surface area contributed by atoms with Crippen LogP contribution in [-0.2, 0) is 6.42 Å². The lowest BCUT2D eigenvalue weighted by molar-refractivity contribution is 0.322. The van der Waals surface area contributed by atoms with Crippen LogP contribution in [0.25, 0.3) is 0 Å². The van der Waals surface area contributed by atoms with Crippen LogP contribution in [-0.4, -0.2) is 10.1 Å². The molecule has 2 N–H and O–H groups in total. The first-order valence-corrected chi connectivity index (χ1v) is 6.20. The van der Waals surface area contributed by atoms with Crippen molar-refractivity contribution in [3.63, 3.8) is 0 Å². The van der Waals surface area contributed by atoms with Gasteiger partial charge >= 0.3 is 0 Å². The average Bonchev–Trinajstić information content (AvgIpc) is 2.76. The summed E-state index contributed by atoms with van der Waals surface area (Å²) in [7, 11) is 0. The van der Waals surface area contributed by atoms with Gasteiger partial charge in [-0.3, -0.25) is 0 Å². The number of rotatable bonds is 4. The molecule has 0 fully saturated rings. The topological polar surface area (TPSA) is 64.9 Å². The summed E-state index contributed by atoms with van der Waals surface area (Å²) in [5, 5.41) is 3.98. The largest absolute Gasteiger partial charge is 0.338 e. The molecular formula is C14H19N3O. The van der Waals surface area contributed by atoms with E-state index in [9.17, 15) is 0 Å². The Bertz CT molecular complexity index is 519. The molecule has 2 aromatic rings. The first kappa shape index (κ1) is 12.8. The zero-order valence-corrected chi connectivity index (χ0v) is 11.1. The van der Waals surface area contributed by atoms with Gasteiger partial charge < -0.3 is 10.3 Å². The Kier molecular flexibility index (Phi) is 3.77. The zero-order valence-electron chi connectivity index (χ0n) is 11.1. The van der Waals surface area contributed by atoms with Crippen LogP contribution < -0.4 is 5.73 Å². The standard InChI is InChI=1S/C14H19N3O/c1-9(2)13(15)14-16-12(17-18-14)8-11-6-4-5-10(3)7-11/h4-7,9,13H,8,15H2,1-3H3/t13-/m1/s1.